The number of amides is 1. The van der Waals surface area contributed by atoms with Crippen LogP contribution in [-0.2, 0) is 9.59 Å². The van der Waals surface area contributed by atoms with E-state index in [-0.39, 0.29) is 31.1 Å². The Hall–Kier alpha value is -2.11. The van der Waals surface area contributed by atoms with Crippen molar-refractivity contribution in [3.05, 3.63) is 30.1 Å². The van der Waals surface area contributed by atoms with Gasteiger partial charge in [0.25, 0.3) is 0 Å². The molecule has 19 heavy (non-hydrogen) atoms. The number of carboxylic acid groups (broad SMARTS) is 1. The Morgan fingerprint density at radius 1 is 1.26 bits per heavy atom. The lowest BCUT2D eigenvalue weighted by Crippen LogP contribution is -2.26. The fourth-order valence-corrected chi connectivity index (χ4v) is 1.37. The smallest absolute Gasteiger partial charge is 0.303 e. The topological polar surface area (TPSA) is 75.6 Å². The fourth-order valence-electron chi connectivity index (χ4n) is 1.37. The van der Waals surface area contributed by atoms with Gasteiger partial charge in [0.15, 0.2) is 11.6 Å². The molecular formula is C13H16FNO4. The highest BCUT2D eigenvalue weighted by molar-refractivity contribution is 5.76. The van der Waals surface area contributed by atoms with Crippen molar-refractivity contribution in [3.8, 4) is 5.75 Å². The normalized spacial score (nSPS) is 9.95. The summed E-state index contributed by atoms with van der Waals surface area (Å²) in [4.78, 5) is 21.6. The lowest BCUT2D eigenvalue weighted by atomic mass is 10.3. The molecule has 0 bridgehead atoms. The minimum Gasteiger partial charge on any atom is -0.490 e. The van der Waals surface area contributed by atoms with Gasteiger partial charge in [-0.05, 0) is 18.6 Å². The van der Waals surface area contributed by atoms with E-state index in [9.17, 15) is 14.0 Å². The largest absolute Gasteiger partial charge is 0.490 e. The van der Waals surface area contributed by atoms with Gasteiger partial charge in [-0.3, -0.25) is 9.59 Å². The molecule has 0 saturated carbocycles. The predicted molar refractivity (Wildman–Crippen MR) is 66.4 cm³/mol. The van der Waals surface area contributed by atoms with Gasteiger partial charge in [0.2, 0.25) is 5.91 Å². The summed E-state index contributed by atoms with van der Waals surface area (Å²) in [5.74, 6) is -1.50. The average Bonchev–Trinajstić information content (AvgIpc) is 2.37. The number of ether oxygens (including phenoxy) is 1. The van der Waals surface area contributed by atoms with E-state index in [4.69, 9.17) is 9.84 Å². The number of halogens is 1. The van der Waals surface area contributed by atoms with E-state index in [1.807, 2.05) is 0 Å². The Bertz CT molecular complexity index is 436. The third-order valence-corrected chi connectivity index (χ3v) is 2.31. The highest BCUT2D eigenvalue weighted by Gasteiger charge is 2.05. The van der Waals surface area contributed by atoms with Gasteiger partial charge in [0.1, 0.15) is 0 Å². The van der Waals surface area contributed by atoms with Gasteiger partial charge in [-0.2, -0.15) is 0 Å². The summed E-state index contributed by atoms with van der Waals surface area (Å²) in [6, 6.07) is 5.96. The lowest BCUT2D eigenvalue weighted by Gasteiger charge is -2.07. The molecule has 0 unspecified atom stereocenters. The number of aliphatic carboxylic acids is 1. The van der Waals surface area contributed by atoms with Crippen LogP contribution in [-0.4, -0.2) is 30.1 Å². The van der Waals surface area contributed by atoms with Crippen molar-refractivity contribution in [1.29, 1.82) is 0 Å². The number of para-hydroxylation sites is 1. The molecule has 0 atom stereocenters. The molecule has 0 fully saturated rings. The van der Waals surface area contributed by atoms with Crippen molar-refractivity contribution >= 4 is 11.9 Å². The molecule has 2 N–H and O–H groups in total. The molecule has 104 valence electrons. The summed E-state index contributed by atoms with van der Waals surface area (Å²) in [5, 5.41) is 11.0. The summed E-state index contributed by atoms with van der Waals surface area (Å²) in [6.45, 7) is 0.385. The number of nitrogens with one attached hydrogen (secondary N) is 1. The number of rotatable bonds is 8. The number of carboxylic acids is 1. The second-order valence-electron chi connectivity index (χ2n) is 3.88. The maximum Gasteiger partial charge on any atom is 0.303 e. The van der Waals surface area contributed by atoms with Crippen molar-refractivity contribution < 1.29 is 23.8 Å². The lowest BCUT2D eigenvalue weighted by molar-refractivity contribution is -0.137. The highest BCUT2D eigenvalue weighted by Crippen LogP contribution is 2.15. The van der Waals surface area contributed by atoms with Crippen LogP contribution < -0.4 is 10.1 Å². The first-order chi connectivity index (χ1) is 9.09. The number of benzene rings is 1. The summed E-state index contributed by atoms with van der Waals surface area (Å²) >= 11 is 0. The molecule has 6 heteroatoms. The molecule has 0 aromatic heterocycles. The first-order valence-electron chi connectivity index (χ1n) is 5.95. The fraction of sp³-hybridized carbons (Fsp3) is 0.385. The Balaban J connectivity index is 2.14. The van der Waals surface area contributed by atoms with Gasteiger partial charge < -0.3 is 15.2 Å². The summed E-state index contributed by atoms with van der Waals surface area (Å²) in [7, 11) is 0. The van der Waals surface area contributed by atoms with Crippen molar-refractivity contribution in [1.82, 2.24) is 5.32 Å². The van der Waals surface area contributed by atoms with Crippen LogP contribution in [0.3, 0.4) is 0 Å². The van der Waals surface area contributed by atoms with Gasteiger partial charge in [-0.15, -0.1) is 0 Å². The van der Waals surface area contributed by atoms with Crippen molar-refractivity contribution in [2.75, 3.05) is 13.2 Å². The van der Waals surface area contributed by atoms with Gasteiger partial charge in [-0.25, -0.2) is 4.39 Å². The van der Waals surface area contributed by atoms with Crippen LogP contribution in [0.4, 0.5) is 4.39 Å². The molecular weight excluding hydrogens is 253 g/mol. The van der Waals surface area contributed by atoms with Crippen LogP contribution in [0.2, 0.25) is 0 Å². The summed E-state index contributed by atoms with van der Waals surface area (Å²) in [5.41, 5.74) is 0. The Morgan fingerprint density at radius 3 is 2.68 bits per heavy atom. The first kappa shape index (κ1) is 14.9. The maximum absolute atomic E-state index is 13.2. The minimum atomic E-state index is -0.892. The number of hydrogen-bond donors (Lipinski definition) is 2. The monoisotopic (exact) mass is 269 g/mol. The molecule has 1 aromatic rings. The SMILES string of the molecule is O=C(O)CCCNC(=O)CCOc1ccccc1F. The molecule has 0 aliphatic rings. The predicted octanol–water partition coefficient (Wildman–Crippen LogP) is 1.58. The molecule has 0 aliphatic heterocycles. The second-order valence-corrected chi connectivity index (χ2v) is 3.88. The van der Waals surface area contributed by atoms with Crippen molar-refractivity contribution in [2.24, 2.45) is 0 Å². The second kappa shape index (κ2) is 8.07. The number of carbonyl (C=O) groups is 2. The molecule has 5 nitrogen and oxygen atoms in total. The highest BCUT2D eigenvalue weighted by atomic mass is 19.1. The molecule has 0 spiro atoms. The van der Waals surface area contributed by atoms with E-state index in [0.29, 0.717) is 13.0 Å². The van der Waals surface area contributed by atoms with Crippen molar-refractivity contribution in [3.63, 3.8) is 0 Å². The zero-order valence-electron chi connectivity index (χ0n) is 10.4. The zero-order chi connectivity index (χ0) is 14.1. The van der Waals surface area contributed by atoms with Crippen LogP contribution >= 0.6 is 0 Å². The molecule has 0 heterocycles. The third kappa shape index (κ3) is 6.40. The average molecular weight is 269 g/mol. The summed E-state index contributed by atoms with van der Waals surface area (Å²) in [6.07, 6.45) is 0.503. The Morgan fingerprint density at radius 2 is 2.00 bits per heavy atom. The van der Waals surface area contributed by atoms with Gasteiger partial charge in [0.05, 0.1) is 13.0 Å². The molecule has 1 amide bonds. The molecule has 1 rings (SSSR count). The number of carbonyl (C=O) groups excluding carboxylic acids is 1. The van der Waals surface area contributed by atoms with E-state index in [2.05, 4.69) is 5.32 Å². The van der Waals surface area contributed by atoms with E-state index < -0.39 is 11.8 Å². The summed E-state index contributed by atoms with van der Waals surface area (Å²) < 4.78 is 18.3. The van der Waals surface area contributed by atoms with Crippen LogP contribution in [0.25, 0.3) is 0 Å². The quantitative estimate of drug-likeness (QED) is 0.702. The van der Waals surface area contributed by atoms with Crippen molar-refractivity contribution in [2.45, 2.75) is 19.3 Å². The van der Waals surface area contributed by atoms with Crippen LogP contribution in [0.1, 0.15) is 19.3 Å². The van der Waals surface area contributed by atoms with E-state index in [1.165, 1.54) is 12.1 Å². The maximum atomic E-state index is 13.2. The van der Waals surface area contributed by atoms with E-state index in [1.54, 1.807) is 12.1 Å². The van der Waals surface area contributed by atoms with Crippen LogP contribution in [0.5, 0.6) is 5.75 Å². The molecule has 0 radical (unpaired) electrons. The molecule has 0 saturated heterocycles. The van der Waals surface area contributed by atoms with Gasteiger partial charge >= 0.3 is 5.97 Å². The zero-order valence-corrected chi connectivity index (χ0v) is 10.4. The van der Waals surface area contributed by atoms with Crippen LogP contribution in [0.15, 0.2) is 24.3 Å². The standard InChI is InChI=1S/C13H16FNO4/c14-10-4-1-2-5-11(10)19-9-7-12(16)15-8-3-6-13(17)18/h1-2,4-5H,3,6-9H2,(H,15,16)(H,17,18). The molecule has 0 aliphatic carbocycles. The minimum absolute atomic E-state index is 0.0198. The third-order valence-electron chi connectivity index (χ3n) is 2.31. The first-order valence-corrected chi connectivity index (χ1v) is 5.95. The van der Waals surface area contributed by atoms with E-state index in [0.717, 1.165) is 0 Å². The van der Waals surface area contributed by atoms with Gasteiger partial charge in [-0.1, -0.05) is 12.1 Å². The van der Waals surface area contributed by atoms with Gasteiger partial charge in [0, 0.05) is 13.0 Å². The van der Waals surface area contributed by atoms with E-state index >= 15 is 0 Å². The Kier molecular flexibility index (Phi) is 6.35. The number of hydrogen-bond acceptors (Lipinski definition) is 3. The Labute approximate surface area is 110 Å². The molecule has 1 aromatic carbocycles. The van der Waals surface area contributed by atoms with Crippen LogP contribution in [0, 0.1) is 5.82 Å².